The van der Waals surface area contributed by atoms with E-state index in [-0.39, 0.29) is 0 Å². The van der Waals surface area contributed by atoms with E-state index in [0.29, 0.717) is 9.49 Å². The molecule has 1 aliphatic heterocycles. The highest BCUT2D eigenvalue weighted by molar-refractivity contribution is 8.77. The highest BCUT2D eigenvalue weighted by Crippen LogP contribution is 2.43. The van der Waals surface area contributed by atoms with E-state index in [1.54, 1.807) is 0 Å². The second-order valence-corrected chi connectivity index (χ2v) is 14.3. The summed E-state index contributed by atoms with van der Waals surface area (Å²) in [6.45, 7) is 17.8. The summed E-state index contributed by atoms with van der Waals surface area (Å²) >= 11 is 0. The van der Waals surface area contributed by atoms with Crippen LogP contribution in [0.4, 0.5) is 0 Å². The van der Waals surface area contributed by atoms with Crippen LogP contribution in [0.15, 0.2) is 0 Å². The molecule has 0 radical (unpaired) electrons. The third-order valence-electron chi connectivity index (χ3n) is 6.08. The van der Waals surface area contributed by atoms with E-state index in [1.807, 2.05) is 0 Å². The normalized spacial score (nSPS) is 20.3. The van der Waals surface area contributed by atoms with Gasteiger partial charge in [-0.05, 0) is 40.7 Å². The Morgan fingerprint density at radius 1 is 0.667 bits per heavy atom. The Morgan fingerprint density at radius 2 is 1.13 bits per heavy atom. The van der Waals surface area contributed by atoms with E-state index >= 15 is 0 Å². The SMILES string of the molecule is CCCCCCCCCCCCCCCCN1CCNCC(C)(C)SSC(C)(C)C1. The smallest absolute Gasteiger partial charge is 0.0334 e. The van der Waals surface area contributed by atoms with Crippen molar-refractivity contribution in [1.29, 1.82) is 0 Å². The summed E-state index contributed by atoms with van der Waals surface area (Å²) in [5.74, 6) is 0. The first-order valence-electron chi connectivity index (χ1n) is 13.1. The van der Waals surface area contributed by atoms with Crippen molar-refractivity contribution in [3.8, 4) is 0 Å². The summed E-state index contributed by atoms with van der Waals surface area (Å²) in [6, 6.07) is 0. The van der Waals surface area contributed by atoms with Gasteiger partial charge in [-0.3, -0.25) is 0 Å². The summed E-state index contributed by atoms with van der Waals surface area (Å²) in [7, 11) is 4.15. The second kappa shape index (κ2) is 17.1. The zero-order chi connectivity index (χ0) is 22.1. The van der Waals surface area contributed by atoms with Crippen molar-refractivity contribution in [2.24, 2.45) is 0 Å². The number of nitrogens with zero attached hydrogens (tertiary/aromatic N) is 1. The van der Waals surface area contributed by atoms with Gasteiger partial charge in [-0.1, -0.05) is 112 Å². The molecule has 1 heterocycles. The second-order valence-electron chi connectivity index (χ2n) is 10.7. The lowest BCUT2D eigenvalue weighted by atomic mass is 10.0. The van der Waals surface area contributed by atoms with Crippen molar-refractivity contribution in [3.05, 3.63) is 0 Å². The predicted octanol–water partition coefficient (Wildman–Crippen LogP) is 8.31. The Morgan fingerprint density at radius 3 is 1.67 bits per heavy atom. The molecular formula is C26H54N2S2. The lowest BCUT2D eigenvalue weighted by Gasteiger charge is -2.36. The van der Waals surface area contributed by atoms with Crippen LogP contribution in [0.2, 0.25) is 0 Å². The molecule has 4 heteroatoms. The maximum atomic E-state index is 3.68. The van der Waals surface area contributed by atoms with Crippen molar-refractivity contribution in [3.63, 3.8) is 0 Å². The van der Waals surface area contributed by atoms with Crippen LogP contribution in [0.25, 0.3) is 0 Å². The molecule has 0 unspecified atom stereocenters. The summed E-state index contributed by atoms with van der Waals surface area (Å²) in [5, 5.41) is 3.68. The van der Waals surface area contributed by atoms with Crippen molar-refractivity contribution < 1.29 is 0 Å². The number of hydrogen-bond acceptors (Lipinski definition) is 4. The Balaban J connectivity index is 2.02. The summed E-state index contributed by atoms with van der Waals surface area (Å²) in [5.41, 5.74) is 0. The van der Waals surface area contributed by atoms with Crippen molar-refractivity contribution in [2.45, 2.75) is 134 Å². The Hall–Kier alpha value is 0.620. The van der Waals surface area contributed by atoms with Crippen molar-refractivity contribution in [2.75, 3.05) is 32.7 Å². The van der Waals surface area contributed by atoms with Gasteiger partial charge in [-0.15, -0.1) is 0 Å². The third-order valence-corrected chi connectivity index (χ3v) is 10.3. The molecule has 0 bridgehead atoms. The number of rotatable bonds is 15. The molecular weight excluding hydrogens is 404 g/mol. The lowest BCUT2D eigenvalue weighted by Crippen LogP contribution is -2.44. The van der Waals surface area contributed by atoms with Gasteiger partial charge in [0.25, 0.3) is 0 Å². The predicted molar refractivity (Wildman–Crippen MR) is 143 cm³/mol. The van der Waals surface area contributed by atoms with Gasteiger partial charge in [0.15, 0.2) is 0 Å². The van der Waals surface area contributed by atoms with Crippen LogP contribution in [0.1, 0.15) is 125 Å². The van der Waals surface area contributed by atoms with E-state index in [9.17, 15) is 0 Å². The van der Waals surface area contributed by atoms with Gasteiger partial charge < -0.3 is 10.2 Å². The number of nitrogens with one attached hydrogen (secondary N) is 1. The highest BCUT2D eigenvalue weighted by atomic mass is 33.1. The van der Waals surface area contributed by atoms with E-state index in [2.05, 4.69) is 66.4 Å². The van der Waals surface area contributed by atoms with Crippen LogP contribution in [-0.2, 0) is 0 Å². The summed E-state index contributed by atoms with van der Waals surface area (Å²) < 4.78 is 0.647. The molecule has 1 aliphatic rings. The first-order chi connectivity index (χ1) is 14.3. The van der Waals surface area contributed by atoms with Crippen molar-refractivity contribution in [1.82, 2.24) is 10.2 Å². The number of unbranched alkanes of at least 4 members (excludes halogenated alkanes) is 13. The monoisotopic (exact) mass is 458 g/mol. The highest BCUT2D eigenvalue weighted by Gasteiger charge is 2.28. The zero-order valence-corrected chi connectivity index (χ0v) is 22.8. The van der Waals surface area contributed by atoms with E-state index in [1.165, 1.54) is 110 Å². The molecule has 180 valence electrons. The molecule has 1 rings (SSSR count). The third kappa shape index (κ3) is 16.3. The van der Waals surface area contributed by atoms with Crippen LogP contribution < -0.4 is 5.32 Å². The molecule has 0 saturated carbocycles. The molecule has 0 aliphatic carbocycles. The first-order valence-corrected chi connectivity index (χ1v) is 15.3. The minimum Gasteiger partial charge on any atom is -0.314 e. The van der Waals surface area contributed by atoms with Crippen LogP contribution >= 0.6 is 21.6 Å². The minimum atomic E-state index is 0.318. The fraction of sp³-hybridized carbons (Fsp3) is 1.00. The Bertz CT molecular complexity index is 398. The standard InChI is InChI=1S/C26H54N2S2/c1-6-7-8-9-10-11-12-13-14-15-16-17-18-19-21-28-22-20-27-23-25(2,3)29-30-26(4,5)24-28/h27H,6-24H2,1-5H3. The van der Waals surface area contributed by atoms with Gasteiger partial charge in [0.1, 0.15) is 0 Å². The van der Waals surface area contributed by atoms with Gasteiger partial charge in [-0.2, -0.15) is 0 Å². The maximum absolute atomic E-state index is 3.68. The van der Waals surface area contributed by atoms with Gasteiger partial charge in [0.05, 0.1) is 0 Å². The van der Waals surface area contributed by atoms with E-state index in [0.717, 1.165) is 13.1 Å². The molecule has 1 fully saturated rings. The van der Waals surface area contributed by atoms with Crippen molar-refractivity contribution >= 4 is 21.6 Å². The molecule has 0 aromatic carbocycles. The molecule has 0 aromatic heterocycles. The van der Waals surface area contributed by atoms with Crippen LogP contribution in [0.5, 0.6) is 0 Å². The van der Waals surface area contributed by atoms with Gasteiger partial charge in [0.2, 0.25) is 0 Å². The summed E-state index contributed by atoms with van der Waals surface area (Å²) in [4.78, 5) is 2.71. The fourth-order valence-corrected chi connectivity index (χ4v) is 6.78. The zero-order valence-electron chi connectivity index (χ0n) is 21.2. The molecule has 30 heavy (non-hydrogen) atoms. The molecule has 2 nitrogen and oxygen atoms in total. The molecule has 1 N–H and O–H groups in total. The van der Waals surface area contributed by atoms with Crippen LogP contribution in [-0.4, -0.2) is 47.1 Å². The fourth-order valence-electron chi connectivity index (χ4n) is 4.25. The molecule has 1 saturated heterocycles. The van der Waals surface area contributed by atoms with Gasteiger partial charge in [0, 0.05) is 35.7 Å². The van der Waals surface area contributed by atoms with Gasteiger partial charge in [-0.25, -0.2) is 0 Å². The maximum Gasteiger partial charge on any atom is 0.0334 e. The largest absolute Gasteiger partial charge is 0.314 e. The van der Waals surface area contributed by atoms with E-state index in [4.69, 9.17) is 0 Å². The van der Waals surface area contributed by atoms with Crippen LogP contribution in [0.3, 0.4) is 0 Å². The van der Waals surface area contributed by atoms with Gasteiger partial charge >= 0.3 is 0 Å². The first kappa shape index (κ1) is 28.7. The lowest BCUT2D eigenvalue weighted by molar-refractivity contribution is 0.248. The topological polar surface area (TPSA) is 15.3 Å². The quantitative estimate of drug-likeness (QED) is 0.196. The number of hydrogen-bond donors (Lipinski definition) is 1. The van der Waals surface area contributed by atoms with E-state index < -0.39 is 0 Å². The molecule has 0 amide bonds. The molecule has 0 aromatic rings. The summed E-state index contributed by atoms with van der Waals surface area (Å²) in [6.07, 6.45) is 20.2. The Labute approximate surface area is 198 Å². The average Bonchev–Trinajstić information content (AvgIpc) is 2.69. The average molecular weight is 459 g/mol. The minimum absolute atomic E-state index is 0.318. The van der Waals surface area contributed by atoms with Crippen LogP contribution in [0, 0.1) is 0 Å². The Kier molecular flexibility index (Phi) is 16.4. The molecule has 0 atom stereocenters. The molecule has 0 spiro atoms.